The lowest BCUT2D eigenvalue weighted by molar-refractivity contribution is -0.151. The van der Waals surface area contributed by atoms with Crippen LogP contribution in [0.3, 0.4) is 0 Å². The number of carboxylic acids is 1. The summed E-state index contributed by atoms with van der Waals surface area (Å²) in [6.45, 7) is 5.69. The van der Waals surface area contributed by atoms with E-state index in [-0.39, 0.29) is 17.9 Å². The summed E-state index contributed by atoms with van der Waals surface area (Å²) in [5, 5.41) is 9.29. The summed E-state index contributed by atoms with van der Waals surface area (Å²) < 4.78 is 5.62. The second kappa shape index (κ2) is 6.77. The Morgan fingerprint density at radius 3 is 2.38 bits per heavy atom. The van der Waals surface area contributed by atoms with Crippen LogP contribution in [0, 0.1) is 11.3 Å². The predicted octanol–water partition coefficient (Wildman–Crippen LogP) is 2.29. The van der Waals surface area contributed by atoms with Gasteiger partial charge in [0, 0.05) is 19.7 Å². The van der Waals surface area contributed by atoms with Crippen molar-refractivity contribution in [1.82, 2.24) is 4.90 Å². The number of ether oxygens (including phenoxy) is 1. The second-order valence-electron chi connectivity index (χ2n) is 6.87. The molecule has 2 heterocycles. The van der Waals surface area contributed by atoms with Gasteiger partial charge in [-0.3, -0.25) is 9.59 Å². The Balaban J connectivity index is 1.80. The number of carboxylic acid groups (broad SMARTS) is 1. The van der Waals surface area contributed by atoms with Gasteiger partial charge in [0.05, 0.1) is 17.9 Å². The van der Waals surface area contributed by atoms with E-state index in [4.69, 9.17) is 4.74 Å². The number of likely N-dealkylation sites (tertiary alicyclic amines) is 1. The van der Waals surface area contributed by atoms with E-state index in [9.17, 15) is 14.7 Å². The quantitative estimate of drug-likeness (QED) is 0.864. The van der Waals surface area contributed by atoms with Gasteiger partial charge in [-0.2, -0.15) is 0 Å². The maximum absolute atomic E-state index is 12.3. The average molecular weight is 297 g/mol. The summed E-state index contributed by atoms with van der Waals surface area (Å²) in [5.41, 5.74) is -0.707. The molecule has 0 aromatic rings. The third-order valence-electron chi connectivity index (χ3n) is 5.10. The van der Waals surface area contributed by atoms with Crippen molar-refractivity contribution in [2.45, 2.75) is 58.5 Å². The molecule has 2 fully saturated rings. The Bertz CT molecular complexity index is 380. The Labute approximate surface area is 126 Å². The monoisotopic (exact) mass is 297 g/mol. The van der Waals surface area contributed by atoms with Crippen LogP contribution < -0.4 is 0 Å². The SMILES string of the molecule is CC(C)(C(=O)O)C1CCN(C(=O)CC2CCCCO2)CC1. The molecule has 0 radical (unpaired) electrons. The highest BCUT2D eigenvalue weighted by Gasteiger charge is 2.39. The fraction of sp³-hybridized carbons (Fsp3) is 0.875. The molecule has 0 saturated carbocycles. The van der Waals surface area contributed by atoms with Crippen molar-refractivity contribution in [1.29, 1.82) is 0 Å². The lowest BCUT2D eigenvalue weighted by Gasteiger charge is -2.38. The molecule has 0 spiro atoms. The van der Waals surface area contributed by atoms with Crippen molar-refractivity contribution in [3.63, 3.8) is 0 Å². The van der Waals surface area contributed by atoms with E-state index in [2.05, 4.69) is 0 Å². The van der Waals surface area contributed by atoms with Gasteiger partial charge in [0.15, 0.2) is 0 Å². The smallest absolute Gasteiger partial charge is 0.309 e. The van der Waals surface area contributed by atoms with Crippen LogP contribution in [0.2, 0.25) is 0 Å². The van der Waals surface area contributed by atoms with Crippen LogP contribution in [-0.2, 0) is 14.3 Å². The Hall–Kier alpha value is -1.10. The summed E-state index contributed by atoms with van der Waals surface area (Å²) in [6.07, 6.45) is 5.33. The summed E-state index contributed by atoms with van der Waals surface area (Å²) in [4.78, 5) is 25.5. The normalized spacial score (nSPS) is 24.9. The molecule has 0 aromatic heterocycles. The number of carbonyl (C=O) groups is 2. The minimum Gasteiger partial charge on any atom is -0.481 e. The van der Waals surface area contributed by atoms with Gasteiger partial charge in [0.1, 0.15) is 0 Å². The zero-order valence-electron chi connectivity index (χ0n) is 13.1. The van der Waals surface area contributed by atoms with Gasteiger partial charge >= 0.3 is 5.97 Å². The molecule has 2 aliphatic rings. The van der Waals surface area contributed by atoms with Crippen molar-refractivity contribution in [3.8, 4) is 0 Å². The first-order valence-corrected chi connectivity index (χ1v) is 8.04. The van der Waals surface area contributed by atoms with Gasteiger partial charge in [-0.25, -0.2) is 0 Å². The fourth-order valence-corrected chi connectivity index (χ4v) is 3.32. The highest BCUT2D eigenvalue weighted by atomic mass is 16.5. The maximum atomic E-state index is 12.3. The van der Waals surface area contributed by atoms with Crippen LogP contribution in [0.1, 0.15) is 52.4 Å². The molecule has 21 heavy (non-hydrogen) atoms. The van der Waals surface area contributed by atoms with E-state index in [1.807, 2.05) is 4.90 Å². The van der Waals surface area contributed by atoms with E-state index < -0.39 is 11.4 Å². The molecule has 1 N–H and O–H groups in total. The van der Waals surface area contributed by atoms with E-state index in [0.29, 0.717) is 19.5 Å². The van der Waals surface area contributed by atoms with Gasteiger partial charge in [-0.1, -0.05) is 0 Å². The molecular formula is C16H27NO4. The summed E-state index contributed by atoms with van der Waals surface area (Å²) in [5.74, 6) is -0.443. The average Bonchev–Trinajstić information content (AvgIpc) is 2.48. The Morgan fingerprint density at radius 1 is 1.19 bits per heavy atom. The van der Waals surface area contributed by atoms with Crippen molar-refractivity contribution in [3.05, 3.63) is 0 Å². The Kier molecular flexibility index (Phi) is 5.25. The van der Waals surface area contributed by atoms with E-state index >= 15 is 0 Å². The third-order valence-corrected chi connectivity index (χ3v) is 5.10. The molecule has 2 saturated heterocycles. The largest absolute Gasteiger partial charge is 0.481 e. The molecule has 5 nitrogen and oxygen atoms in total. The minimum absolute atomic E-state index is 0.0828. The van der Waals surface area contributed by atoms with Crippen molar-refractivity contribution >= 4 is 11.9 Å². The van der Waals surface area contributed by atoms with Crippen LogP contribution in [-0.4, -0.2) is 47.7 Å². The van der Waals surface area contributed by atoms with Crippen LogP contribution in [0.4, 0.5) is 0 Å². The minimum atomic E-state index is -0.747. The summed E-state index contributed by atoms with van der Waals surface area (Å²) in [6, 6.07) is 0. The van der Waals surface area contributed by atoms with E-state index in [0.717, 1.165) is 38.7 Å². The number of nitrogens with zero attached hydrogens (tertiary/aromatic N) is 1. The van der Waals surface area contributed by atoms with Crippen molar-refractivity contribution in [2.24, 2.45) is 11.3 Å². The molecule has 0 aromatic carbocycles. The number of hydrogen-bond acceptors (Lipinski definition) is 3. The molecule has 1 atom stereocenters. The standard InChI is InChI=1S/C16H27NO4/c1-16(2,15(19)20)12-6-8-17(9-7-12)14(18)11-13-5-3-4-10-21-13/h12-13H,3-11H2,1-2H3,(H,19,20). The van der Waals surface area contributed by atoms with Crippen LogP contribution in [0.25, 0.3) is 0 Å². The molecule has 2 aliphatic heterocycles. The molecule has 1 unspecified atom stereocenters. The number of aliphatic carboxylic acids is 1. The molecule has 5 heteroatoms. The maximum Gasteiger partial charge on any atom is 0.309 e. The zero-order valence-corrected chi connectivity index (χ0v) is 13.1. The number of piperidine rings is 1. The number of rotatable bonds is 4. The highest BCUT2D eigenvalue weighted by Crippen LogP contribution is 2.35. The van der Waals surface area contributed by atoms with Gasteiger partial charge < -0.3 is 14.7 Å². The lowest BCUT2D eigenvalue weighted by Crippen LogP contribution is -2.45. The molecule has 1 amide bonds. The summed E-state index contributed by atoms with van der Waals surface area (Å²) in [7, 11) is 0. The van der Waals surface area contributed by atoms with Crippen LogP contribution in [0.15, 0.2) is 0 Å². The van der Waals surface area contributed by atoms with Gasteiger partial charge in [-0.15, -0.1) is 0 Å². The molecule has 0 bridgehead atoms. The third kappa shape index (κ3) is 3.96. The number of hydrogen-bond donors (Lipinski definition) is 1. The van der Waals surface area contributed by atoms with Crippen LogP contribution in [0.5, 0.6) is 0 Å². The first-order chi connectivity index (χ1) is 9.91. The van der Waals surface area contributed by atoms with Crippen LogP contribution >= 0.6 is 0 Å². The summed E-state index contributed by atoms with van der Waals surface area (Å²) >= 11 is 0. The lowest BCUT2D eigenvalue weighted by atomic mass is 9.73. The number of amides is 1. The predicted molar refractivity (Wildman–Crippen MR) is 78.9 cm³/mol. The number of carbonyl (C=O) groups excluding carboxylic acids is 1. The van der Waals surface area contributed by atoms with Crippen molar-refractivity contribution in [2.75, 3.05) is 19.7 Å². The highest BCUT2D eigenvalue weighted by molar-refractivity contribution is 5.77. The topological polar surface area (TPSA) is 66.8 Å². The first kappa shape index (κ1) is 16.3. The second-order valence-corrected chi connectivity index (χ2v) is 6.87. The zero-order chi connectivity index (χ0) is 15.5. The molecule has 2 rings (SSSR count). The molecule has 0 aliphatic carbocycles. The fourth-order valence-electron chi connectivity index (χ4n) is 3.32. The van der Waals surface area contributed by atoms with Gasteiger partial charge in [-0.05, 0) is 51.9 Å². The molecule has 120 valence electrons. The first-order valence-electron chi connectivity index (χ1n) is 8.04. The Morgan fingerprint density at radius 2 is 1.86 bits per heavy atom. The molecular weight excluding hydrogens is 270 g/mol. The van der Waals surface area contributed by atoms with Gasteiger partial charge in [0.2, 0.25) is 5.91 Å². The van der Waals surface area contributed by atoms with Gasteiger partial charge in [0.25, 0.3) is 0 Å². The van der Waals surface area contributed by atoms with Crippen molar-refractivity contribution < 1.29 is 19.4 Å². The van der Waals surface area contributed by atoms with E-state index in [1.54, 1.807) is 13.8 Å². The van der Waals surface area contributed by atoms with E-state index in [1.165, 1.54) is 0 Å².